The maximum atomic E-state index is 10.8. The van der Waals surface area contributed by atoms with Crippen LogP contribution in [0, 0.1) is 0 Å². The molecule has 9 heteroatoms. The van der Waals surface area contributed by atoms with Crippen LogP contribution in [0.4, 0.5) is 0 Å². The summed E-state index contributed by atoms with van der Waals surface area (Å²) in [5.74, 6) is -1.28. The predicted octanol–water partition coefficient (Wildman–Crippen LogP) is 1.13. The lowest BCUT2D eigenvalue weighted by molar-refractivity contribution is -0.401. The first kappa shape index (κ1) is 25.6. The van der Waals surface area contributed by atoms with Crippen LogP contribution in [0.15, 0.2) is 55.1 Å². The quantitative estimate of drug-likeness (QED) is 0.338. The summed E-state index contributed by atoms with van der Waals surface area (Å²) in [6.45, 7) is 2.38. The molecule has 0 spiro atoms. The summed E-state index contributed by atoms with van der Waals surface area (Å²) in [5, 5.41) is 51.8. The van der Waals surface area contributed by atoms with Crippen LogP contribution in [0.1, 0.15) is 16.7 Å². The van der Waals surface area contributed by atoms with Crippen molar-refractivity contribution in [3.05, 3.63) is 76.8 Å². The van der Waals surface area contributed by atoms with Crippen molar-refractivity contribution < 1.29 is 39.7 Å². The standard InChI is InChI=1S/C24H29ClO8/c1-3-10-32-18-7-4-15(5-8-18)11-16-12-17(6-9-19(16)25)24(31-2)22(30)20(28)21(29)23(13-26,14-27)33-24/h3-9,12,20-22,26-30H,1,10-11,13-14H2,2H3/t20-,21-,22+,24-/m0/s1. The number of benzene rings is 2. The number of methoxy groups -OCH3 is 1. The molecule has 0 unspecified atom stereocenters. The fourth-order valence-electron chi connectivity index (χ4n) is 3.95. The molecule has 0 aliphatic carbocycles. The van der Waals surface area contributed by atoms with Crippen LogP contribution in [0.2, 0.25) is 5.02 Å². The smallest absolute Gasteiger partial charge is 0.225 e. The zero-order valence-electron chi connectivity index (χ0n) is 18.2. The molecule has 180 valence electrons. The molecule has 1 fully saturated rings. The van der Waals surface area contributed by atoms with Gasteiger partial charge in [0.05, 0.1) is 13.2 Å². The molecule has 1 heterocycles. The summed E-state index contributed by atoms with van der Waals surface area (Å²) < 4.78 is 16.9. The monoisotopic (exact) mass is 480 g/mol. The topological polar surface area (TPSA) is 129 Å². The van der Waals surface area contributed by atoms with Gasteiger partial charge < -0.3 is 39.7 Å². The zero-order chi connectivity index (χ0) is 24.2. The normalized spacial score (nSPS) is 26.7. The van der Waals surface area contributed by atoms with E-state index in [1.165, 1.54) is 7.11 Å². The van der Waals surface area contributed by atoms with E-state index in [2.05, 4.69) is 6.58 Å². The Morgan fingerprint density at radius 1 is 1.06 bits per heavy atom. The van der Waals surface area contributed by atoms with Gasteiger partial charge in [-0.15, -0.1) is 0 Å². The second-order valence-corrected chi connectivity index (χ2v) is 8.37. The molecule has 1 saturated heterocycles. The van der Waals surface area contributed by atoms with Gasteiger partial charge in [0.25, 0.3) is 0 Å². The first-order valence-corrected chi connectivity index (χ1v) is 10.8. The van der Waals surface area contributed by atoms with Crippen molar-refractivity contribution in [3.8, 4) is 5.75 Å². The molecule has 33 heavy (non-hydrogen) atoms. The minimum atomic E-state index is -1.98. The average Bonchev–Trinajstić information content (AvgIpc) is 2.84. The van der Waals surface area contributed by atoms with Crippen LogP contribution in [-0.4, -0.2) is 76.4 Å². The zero-order valence-corrected chi connectivity index (χ0v) is 19.0. The highest BCUT2D eigenvalue weighted by molar-refractivity contribution is 6.31. The Kier molecular flexibility index (Phi) is 8.15. The lowest BCUT2D eigenvalue weighted by Crippen LogP contribution is -2.71. The van der Waals surface area contributed by atoms with Crippen LogP contribution < -0.4 is 4.74 Å². The predicted molar refractivity (Wildman–Crippen MR) is 121 cm³/mol. The number of ether oxygens (including phenoxy) is 3. The van der Waals surface area contributed by atoms with Crippen LogP contribution in [0.3, 0.4) is 0 Å². The van der Waals surface area contributed by atoms with Crippen molar-refractivity contribution in [2.24, 2.45) is 0 Å². The van der Waals surface area contributed by atoms with Crippen molar-refractivity contribution in [2.75, 3.05) is 26.9 Å². The van der Waals surface area contributed by atoms with Crippen molar-refractivity contribution in [1.82, 2.24) is 0 Å². The number of aliphatic hydroxyl groups is 5. The molecule has 8 nitrogen and oxygen atoms in total. The maximum Gasteiger partial charge on any atom is 0.225 e. The number of hydrogen-bond donors (Lipinski definition) is 5. The van der Waals surface area contributed by atoms with Gasteiger partial charge in [-0.3, -0.25) is 0 Å². The van der Waals surface area contributed by atoms with Crippen LogP contribution in [0.5, 0.6) is 5.75 Å². The number of hydrogen-bond acceptors (Lipinski definition) is 8. The van der Waals surface area contributed by atoms with Gasteiger partial charge >= 0.3 is 0 Å². The number of aliphatic hydroxyl groups excluding tert-OH is 5. The molecule has 0 radical (unpaired) electrons. The molecule has 5 N–H and O–H groups in total. The van der Waals surface area contributed by atoms with Crippen LogP contribution in [0.25, 0.3) is 0 Å². The van der Waals surface area contributed by atoms with Gasteiger partial charge in [0.1, 0.15) is 36.3 Å². The van der Waals surface area contributed by atoms with E-state index < -0.39 is 42.9 Å². The molecular formula is C24H29ClO8. The lowest BCUT2D eigenvalue weighted by Gasteiger charge is -2.52. The molecule has 1 aliphatic rings. The van der Waals surface area contributed by atoms with Crippen molar-refractivity contribution in [2.45, 2.75) is 36.1 Å². The van der Waals surface area contributed by atoms with E-state index in [9.17, 15) is 25.5 Å². The second-order valence-electron chi connectivity index (χ2n) is 7.96. The Morgan fingerprint density at radius 2 is 1.73 bits per heavy atom. The van der Waals surface area contributed by atoms with E-state index in [0.29, 0.717) is 34.9 Å². The van der Waals surface area contributed by atoms with Crippen molar-refractivity contribution >= 4 is 11.6 Å². The van der Waals surface area contributed by atoms with Crippen LogP contribution >= 0.6 is 11.6 Å². The summed E-state index contributed by atoms with van der Waals surface area (Å²) in [7, 11) is 1.25. The van der Waals surface area contributed by atoms with Gasteiger partial charge in [0.15, 0.2) is 0 Å². The highest BCUT2D eigenvalue weighted by Crippen LogP contribution is 2.44. The Balaban J connectivity index is 1.97. The van der Waals surface area contributed by atoms with E-state index in [0.717, 1.165) is 5.56 Å². The van der Waals surface area contributed by atoms with Gasteiger partial charge in [0, 0.05) is 17.7 Å². The first-order chi connectivity index (χ1) is 15.8. The Bertz CT molecular complexity index is 946. The minimum Gasteiger partial charge on any atom is -0.490 e. The molecule has 3 rings (SSSR count). The minimum absolute atomic E-state index is 0.292. The van der Waals surface area contributed by atoms with Gasteiger partial charge in [-0.25, -0.2) is 0 Å². The van der Waals surface area contributed by atoms with E-state index in [-0.39, 0.29) is 0 Å². The first-order valence-electron chi connectivity index (χ1n) is 10.4. The number of rotatable bonds is 9. The molecule has 1 aliphatic heterocycles. The van der Waals surface area contributed by atoms with E-state index in [1.54, 1.807) is 24.3 Å². The van der Waals surface area contributed by atoms with E-state index in [4.69, 9.17) is 25.8 Å². The molecule has 2 aromatic rings. The molecule has 0 amide bonds. The highest BCUT2D eigenvalue weighted by Gasteiger charge is 2.61. The van der Waals surface area contributed by atoms with Crippen LogP contribution in [-0.2, 0) is 21.7 Å². The van der Waals surface area contributed by atoms with Crippen molar-refractivity contribution in [3.63, 3.8) is 0 Å². The lowest BCUT2D eigenvalue weighted by atomic mass is 9.81. The molecule has 2 aromatic carbocycles. The molecule has 0 bridgehead atoms. The Labute approximate surface area is 197 Å². The third kappa shape index (κ3) is 4.80. The summed E-state index contributed by atoms with van der Waals surface area (Å²) in [6, 6.07) is 12.2. The second kappa shape index (κ2) is 10.5. The summed E-state index contributed by atoms with van der Waals surface area (Å²) in [5.41, 5.74) is -0.0528. The third-order valence-electron chi connectivity index (χ3n) is 5.90. The summed E-state index contributed by atoms with van der Waals surface area (Å²) in [4.78, 5) is 0. The fourth-order valence-corrected chi connectivity index (χ4v) is 4.13. The molecule has 4 atom stereocenters. The third-order valence-corrected chi connectivity index (χ3v) is 6.27. The molecule has 0 aromatic heterocycles. The highest BCUT2D eigenvalue weighted by atomic mass is 35.5. The Hall–Kier alpha value is -2.01. The molecular weight excluding hydrogens is 452 g/mol. The van der Waals surface area contributed by atoms with Crippen molar-refractivity contribution in [1.29, 1.82) is 0 Å². The molecule has 0 saturated carbocycles. The average molecular weight is 481 g/mol. The Morgan fingerprint density at radius 3 is 2.30 bits per heavy atom. The van der Waals surface area contributed by atoms with Gasteiger partial charge in [-0.05, 0) is 41.8 Å². The summed E-state index contributed by atoms with van der Waals surface area (Å²) >= 11 is 6.42. The summed E-state index contributed by atoms with van der Waals surface area (Å²) in [6.07, 6.45) is -3.15. The largest absolute Gasteiger partial charge is 0.490 e. The van der Waals surface area contributed by atoms with E-state index >= 15 is 0 Å². The van der Waals surface area contributed by atoms with Gasteiger partial charge in [0.2, 0.25) is 5.79 Å². The van der Waals surface area contributed by atoms with Gasteiger partial charge in [-0.1, -0.05) is 42.5 Å². The van der Waals surface area contributed by atoms with E-state index in [1.807, 2.05) is 24.3 Å². The SMILES string of the molecule is C=CCOc1ccc(Cc2cc([C@]3(OC)OC(CO)(CO)[C@@H](O)[C@H](O)[C@H]3O)ccc2Cl)cc1. The fraction of sp³-hybridized carbons (Fsp3) is 0.417. The number of halogens is 1. The maximum absolute atomic E-state index is 10.8. The van der Waals surface area contributed by atoms with Gasteiger partial charge in [-0.2, -0.15) is 0 Å².